The molecule has 4 aliphatic rings. The molecule has 0 aromatic carbocycles. The van der Waals surface area contributed by atoms with E-state index < -0.39 is 5.60 Å². The number of Topliss-reactive ketones (excluding diaryl/α,β-unsaturated/α-hetero) is 1. The average molecular weight is 357 g/mol. The molecule has 0 heterocycles. The number of rotatable bonds is 1. The van der Waals surface area contributed by atoms with Crippen LogP contribution in [0.3, 0.4) is 0 Å². The molecule has 0 saturated heterocycles. The normalized spacial score (nSPS) is 52.8. The van der Waals surface area contributed by atoms with Crippen LogP contribution in [0, 0.1) is 40.4 Å². The highest BCUT2D eigenvalue weighted by Gasteiger charge is 2.68. The first-order chi connectivity index (χ1) is 12.1. The monoisotopic (exact) mass is 356 g/mol. The van der Waals surface area contributed by atoms with Crippen LogP contribution in [0.1, 0.15) is 60.3 Å². The van der Waals surface area contributed by atoms with E-state index in [-0.39, 0.29) is 28.3 Å². The van der Waals surface area contributed by atoms with Crippen LogP contribution in [0.5, 0.6) is 0 Å². The lowest BCUT2D eigenvalue weighted by Crippen LogP contribution is -2.58. The highest BCUT2D eigenvalue weighted by molar-refractivity contribution is 6.01. The van der Waals surface area contributed by atoms with E-state index in [2.05, 4.69) is 33.8 Å². The quantitative estimate of drug-likeness (QED) is 0.769. The maximum absolute atomic E-state index is 12.5. The Bertz CT molecular complexity index is 734. The highest BCUT2D eigenvalue weighted by atomic mass is 16.3. The second-order valence-corrected chi connectivity index (χ2v) is 10.0. The Morgan fingerprint density at radius 1 is 1.19 bits per heavy atom. The van der Waals surface area contributed by atoms with Crippen LogP contribution in [-0.4, -0.2) is 22.3 Å². The molecule has 0 aliphatic heterocycles. The number of ketones is 2. The molecule has 26 heavy (non-hydrogen) atoms. The van der Waals surface area contributed by atoms with Crippen molar-refractivity contribution in [2.45, 2.75) is 65.9 Å². The zero-order chi connectivity index (χ0) is 19.1. The predicted octanol–water partition coefficient (Wildman–Crippen LogP) is 4.11. The lowest BCUT2D eigenvalue weighted by atomic mass is 9.45. The third kappa shape index (κ3) is 1.99. The molecule has 3 heteroatoms. The molecule has 0 radical (unpaired) electrons. The van der Waals surface area contributed by atoms with Crippen molar-refractivity contribution < 1.29 is 14.7 Å². The number of hydrogen-bond acceptors (Lipinski definition) is 3. The zero-order valence-electron chi connectivity index (χ0n) is 16.7. The maximum Gasteiger partial charge on any atom is 0.178 e. The fourth-order valence-electron chi connectivity index (χ4n) is 7.71. The number of carbonyl (C=O) groups excluding carboxylic acids is 2. The molecule has 0 bridgehead atoms. The molecule has 0 aromatic rings. The van der Waals surface area contributed by atoms with Crippen molar-refractivity contribution in [1.82, 2.24) is 0 Å². The summed E-state index contributed by atoms with van der Waals surface area (Å²) in [6, 6.07) is 0. The Balaban J connectivity index is 1.77. The van der Waals surface area contributed by atoms with E-state index in [9.17, 15) is 14.7 Å². The van der Waals surface area contributed by atoms with Gasteiger partial charge >= 0.3 is 0 Å². The van der Waals surface area contributed by atoms with Gasteiger partial charge in [0.2, 0.25) is 0 Å². The molecule has 0 unspecified atom stereocenters. The van der Waals surface area contributed by atoms with Crippen LogP contribution in [0.2, 0.25) is 0 Å². The molecule has 4 rings (SSSR count). The molecule has 1 N–H and O–H groups in total. The number of carbonyl (C=O) groups is 2. The predicted molar refractivity (Wildman–Crippen MR) is 101 cm³/mol. The fourth-order valence-corrected chi connectivity index (χ4v) is 7.71. The first kappa shape index (κ1) is 18.2. The van der Waals surface area contributed by atoms with E-state index in [1.165, 1.54) is 5.57 Å². The van der Waals surface area contributed by atoms with Crippen molar-refractivity contribution in [3.05, 3.63) is 23.8 Å². The molecule has 3 nitrogen and oxygen atoms in total. The Labute approximate surface area is 156 Å². The van der Waals surface area contributed by atoms with Crippen LogP contribution < -0.4 is 0 Å². The van der Waals surface area contributed by atoms with Gasteiger partial charge < -0.3 is 5.11 Å². The Kier molecular flexibility index (Phi) is 3.77. The van der Waals surface area contributed by atoms with E-state index in [0.717, 1.165) is 25.7 Å². The molecular formula is C23H32O3. The molecule has 3 saturated carbocycles. The van der Waals surface area contributed by atoms with Gasteiger partial charge in [-0.15, -0.1) is 0 Å². The standard InChI is InChI=1S/C23H32O3/c1-13-10-17-18(21(4)8-6-16(25)12-19(13)21)7-9-22(5)20(17)11-14(2)23(22,26)15(3)24/h6,8,12-14,17-18,20,26H,7,9-11H2,1-5H3/t13-,14+,17+,18-,20-,21+,22-,23-/m0/s1. The van der Waals surface area contributed by atoms with E-state index in [1.807, 2.05) is 6.08 Å². The van der Waals surface area contributed by atoms with Crippen molar-refractivity contribution in [3.8, 4) is 0 Å². The first-order valence-electron chi connectivity index (χ1n) is 10.2. The number of fused-ring (bicyclic) bond motifs is 5. The smallest absolute Gasteiger partial charge is 0.178 e. The largest absolute Gasteiger partial charge is 0.381 e. The van der Waals surface area contributed by atoms with Crippen molar-refractivity contribution >= 4 is 11.6 Å². The average Bonchev–Trinajstić information content (AvgIpc) is 2.78. The number of allylic oxidation sites excluding steroid dienone is 4. The minimum atomic E-state index is -1.19. The summed E-state index contributed by atoms with van der Waals surface area (Å²) >= 11 is 0. The molecular weight excluding hydrogens is 324 g/mol. The Hall–Kier alpha value is -1.22. The third-order valence-electron chi connectivity index (χ3n) is 9.00. The van der Waals surface area contributed by atoms with Crippen molar-refractivity contribution in [2.75, 3.05) is 0 Å². The van der Waals surface area contributed by atoms with Gasteiger partial charge in [0, 0.05) is 10.8 Å². The second kappa shape index (κ2) is 5.41. The summed E-state index contributed by atoms with van der Waals surface area (Å²) in [7, 11) is 0. The molecule has 0 spiro atoms. The zero-order valence-corrected chi connectivity index (χ0v) is 16.7. The van der Waals surface area contributed by atoms with E-state index >= 15 is 0 Å². The van der Waals surface area contributed by atoms with Crippen LogP contribution in [-0.2, 0) is 9.59 Å². The molecule has 4 aliphatic carbocycles. The summed E-state index contributed by atoms with van der Waals surface area (Å²) in [6.07, 6.45) is 9.66. The molecule has 3 fully saturated rings. The molecule has 142 valence electrons. The van der Waals surface area contributed by atoms with Crippen LogP contribution in [0.25, 0.3) is 0 Å². The summed E-state index contributed by atoms with van der Waals surface area (Å²) in [5.41, 5.74) is -0.285. The van der Waals surface area contributed by atoms with Crippen LogP contribution in [0.4, 0.5) is 0 Å². The Morgan fingerprint density at radius 3 is 2.54 bits per heavy atom. The fraction of sp³-hybridized carbons (Fsp3) is 0.739. The number of aliphatic hydroxyl groups is 1. The van der Waals surface area contributed by atoms with Gasteiger partial charge in [-0.3, -0.25) is 9.59 Å². The minimum Gasteiger partial charge on any atom is -0.381 e. The summed E-state index contributed by atoms with van der Waals surface area (Å²) in [5, 5.41) is 11.5. The molecule has 0 aromatic heterocycles. The second-order valence-electron chi connectivity index (χ2n) is 10.0. The summed E-state index contributed by atoms with van der Waals surface area (Å²) in [6.45, 7) is 10.3. The lowest BCUT2D eigenvalue weighted by Gasteiger charge is -2.59. The van der Waals surface area contributed by atoms with Gasteiger partial charge in [-0.2, -0.15) is 0 Å². The lowest BCUT2D eigenvalue weighted by molar-refractivity contribution is -0.165. The van der Waals surface area contributed by atoms with Crippen molar-refractivity contribution in [3.63, 3.8) is 0 Å². The van der Waals surface area contributed by atoms with Crippen molar-refractivity contribution in [1.29, 1.82) is 0 Å². The van der Waals surface area contributed by atoms with E-state index in [1.54, 1.807) is 13.0 Å². The van der Waals surface area contributed by atoms with Gasteiger partial charge in [0.1, 0.15) is 5.60 Å². The van der Waals surface area contributed by atoms with Gasteiger partial charge in [0.05, 0.1) is 0 Å². The minimum absolute atomic E-state index is 0.0114. The number of hydrogen-bond donors (Lipinski definition) is 1. The van der Waals surface area contributed by atoms with E-state index in [4.69, 9.17) is 0 Å². The van der Waals surface area contributed by atoms with Gasteiger partial charge in [-0.1, -0.05) is 39.3 Å². The first-order valence-corrected chi connectivity index (χ1v) is 10.2. The maximum atomic E-state index is 12.5. The van der Waals surface area contributed by atoms with Gasteiger partial charge in [0.25, 0.3) is 0 Å². The highest BCUT2D eigenvalue weighted by Crippen LogP contribution is 2.68. The van der Waals surface area contributed by atoms with Crippen LogP contribution >= 0.6 is 0 Å². The van der Waals surface area contributed by atoms with Gasteiger partial charge in [0.15, 0.2) is 11.6 Å². The Morgan fingerprint density at radius 2 is 1.88 bits per heavy atom. The molecule has 8 atom stereocenters. The molecule has 0 amide bonds. The summed E-state index contributed by atoms with van der Waals surface area (Å²) in [4.78, 5) is 24.5. The van der Waals surface area contributed by atoms with Crippen molar-refractivity contribution in [2.24, 2.45) is 40.4 Å². The summed E-state index contributed by atoms with van der Waals surface area (Å²) < 4.78 is 0. The third-order valence-corrected chi connectivity index (χ3v) is 9.00. The van der Waals surface area contributed by atoms with Crippen LogP contribution in [0.15, 0.2) is 23.8 Å². The summed E-state index contributed by atoms with van der Waals surface area (Å²) in [5.74, 6) is 1.80. The topological polar surface area (TPSA) is 54.4 Å². The van der Waals surface area contributed by atoms with Gasteiger partial charge in [-0.05, 0) is 74.3 Å². The SMILES string of the molecule is CC(=O)[C@@]1(O)[C@H](C)C[C@H]2[C@@H]3C[C@H](C)C4=CC(=O)C=C[C@]4(C)[C@H]3CC[C@@]21C. The van der Waals surface area contributed by atoms with Gasteiger partial charge in [-0.25, -0.2) is 0 Å². The van der Waals surface area contributed by atoms with E-state index in [0.29, 0.717) is 23.7 Å².